The first-order valence-electron chi connectivity index (χ1n) is 10.9. The largest absolute Gasteiger partial charge is 0.497 e. The van der Waals surface area contributed by atoms with Gasteiger partial charge in [0.1, 0.15) is 11.5 Å². The number of carbonyl (C=O) groups is 1. The van der Waals surface area contributed by atoms with Gasteiger partial charge >= 0.3 is 0 Å². The van der Waals surface area contributed by atoms with E-state index in [0.29, 0.717) is 37.7 Å². The summed E-state index contributed by atoms with van der Waals surface area (Å²) < 4.78 is 10.8. The monoisotopic (exact) mass is 432 g/mol. The van der Waals surface area contributed by atoms with Crippen LogP contribution in [-0.4, -0.2) is 60.9 Å². The zero-order valence-corrected chi connectivity index (χ0v) is 18.5. The molecule has 0 spiro atoms. The summed E-state index contributed by atoms with van der Waals surface area (Å²) in [7, 11) is 1.60. The van der Waals surface area contributed by atoms with Gasteiger partial charge in [0.2, 0.25) is 0 Å². The second-order valence-electron chi connectivity index (χ2n) is 7.66. The lowest BCUT2D eigenvalue weighted by Crippen LogP contribution is -2.50. The Morgan fingerprint density at radius 2 is 1.69 bits per heavy atom. The van der Waals surface area contributed by atoms with Crippen LogP contribution in [0.1, 0.15) is 12.5 Å². The number of anilines is 1. The second kappa shape index (κ2) is 10.1. The number of aryl methyl sites for hydroxylation is 1. The van der Waals surface area contributed by atoms with Crippen LogP contribution >= 0.6 is 0 Å². The maximum Gasteiger partial charge on any atom is 0.260 e. The number of ether oxygens (including phenoxy) is 2. The first-order valence-corrected chi connectivity index (χ1v) is 10.9. The van der Waals surface area contributed by atoms with E-state index in [0.717, 1.165) is 23.5 Å². The number of nitrogens with zero attached hydrogens (tertiary/aromatic N) is 4. The molecule has 2 aromatic carbocycles. The Morgan fingerprint density at radius 1 is 0.938 bits per heavy atom. The van der Waals surface area contributed by atoms with Gasteiger partial charge in [-0.05, 0) is 36.2 Å². The number of rotatable bonds is 7. The molecule has 0 bridgehead atoms. The van der Waals surface area contributed by atoms with E-state index in [1.54, 1.807) is 13.2 Å². The molecule has 1 aliphatic heterocycles. The van der Waals surface area contributed by atoms with Crippen LogP contribution < -0.4 is 14.4 Å². The van der Waals surface area contributed by atoms with Crippen molar-refractivity contribution in [3.63, 3.8) is 0 Å². The van der Waals surface area contributed by atoms with Crippen molar-refractivity contribution in [1.82, 2.24) is 15.1 Å². The zero-order chi connectivity index (χ0) is 22.3. The fraction of sp³-hybridized carbons (Fsp3) is 0.320. The van der Waals surface area contributed by atoms with Crippen molar-refractivity contribution in [3.05, 3.63) is 66.2 Å². The van der Waals surface area contributed by atoms with Crippen molar-refractivity contribution in [2.75, 3.05) is 44.8 Å². The van der Waals surface area contributed by atoms with Crippen molar-refractivity contribution >= 4 is 11.7 Å². The highest BCUT2D eigenvalue weighted by Crippen LogP contribution is 2.21. The van der Waals surface area contributed by atoms with E-state index in [2.05, 4.69) is 46.3 Å². The molecular weight excluding hydrogens is 404 g/mol. The highest BCUT2D eigenvalue weighted by Gasteiger charge is 2.22. The van der Waals surface area contributed by atoms with E-state index in [9.17, 15) is 4.79 Å². The van der Waals surface area contributed by atoms with Crippen LogP contribution in [0.25, 0.3) is 11.3 Å². The average Bonchev–Trinajstić information content (AvgIpc) is 2.87. The van der Waals surface area contributed by atoms with Crippen molar-refractivity contribution < 1.29 is 14.3 Å². The number of hydrogen-bond donors (Lipinski definition) is 0. The molecule has 32 heavy (non-hydrogen) atoms. The standard InChI is InChI=1S/C25H28N4O3/c1-3-19-7-9-20(10-8-19)23-11-12-24(27-26-23)28-13-15-29(16-14-28)25(30)18-32-22-6-4-5-21(17-22)31-2/h4-12,17H,3,13-16,18H2,1-2H3. The van der Waals surface area contributed by atoms with Gasteiger partial charge in [0.15, 0.2) is 12.4 Å². The summed E-state index contributed by atoms with van der Waals surface area (Å²) in [6.07, 6.45) is 1.02. The van der Waals surface area contributed by atoms with Crippen LogP contribution in [-0.2, 0) is 11.2 Å². The molecule has 0 unspecified atom stereocenters. The molecule has 1 aliphatic rings. The molecule has 1 aromatic heterocycles. The van der Waals surface area contributed by atoms with Gasteiger partial charge in [0.25, 0.3) is 5.91 Å². The molecular formula is C25H28N4O3. The fourth-order valence-corrected chi connectivity index (χ4v) is 3.67. The Hall–Kier alpha value is -3.61. The van der Waals surface area contributed by atoms with E-state index in [4.69, 9.17) is 9.47 Å². The number of benzene rings is 2. The molecule has 1 amide bonds. The third-order valence-corrected chi connectivity index (χ3v) is 5.67. The molecule has 0 radical (unpaired) electrons. The Kier molecular flexibility index (Phi) is 6.84. The predicted octanol–water partition coefficient (Wildman–Crippen LogP) is 3.44. The summed E-state index contributed by atoms with van der Waals surface area (Å²) >= 11 is 0. The van der Waals surface area contributed by atoms with Crippen LogP contribution in [0, 0.1) is 0 Å². The van der Waals surface area contributed by atoms with Gasteiger partial charge in [0, 0.05) is 37.8 Å². The van der Waals surface area contributed by atoms with Crippen molar-refractivity contribution in [2.45, 2.75) is 13.3 Å². The fourth-order valence-electron chi connectivity index (χ4n) is 3.67. The SMILES string of the molecule is CCc1ccc(-c2ccc(N3CCN(C(=O)COc4cccc(OC)c4)CC3)nn2)cc1. The average molecular weight is 433 g/mol. The minimum Gasteiger partial charge on any atom is -0.497 e. The molecule has 1 saturated heterocycles. The lowest BCUT2D eigenvalue weighted by Gasteiger charge is -2.35. The number of piperazine rings is 1. The topological polar surface area (TPSA) is 67.8 Å². The summed E-state index contributed by atoms with van der Waals surface area (Å²) in [6.45, 7) is 4.84. The number of hydrogen-bond acceptors (Lipinski definition) is 6. The zero-order valence-electron chi connectivity index (χ0n) is 18.5. The molecule has 7 nitrogen and oxygen atoms in total. The number of aromatic nitrogens is 2. The Balaban J connectivity index is 1.28. The molecule has 2 heterocycles. The summed E-state index contributed by atoms with van der Waals surface area (Å²) in [5.41, 5.74) is 3.23. The van der Waals surface area contributed by atoms with Crippen LogP contribution in [0.2, 0.25) is 0 Å². The number of methoxy groups -OCH3 is 1. The number of amides is 1. The maximum absolute atomic E-state index is 12.5. The normalized spacial score (nSPS) is 13.7. The minimum atomic E-state index is -0.0237. The Bertz CT molecular complexity index is 1030. The predicted molar refractivity (Wildman–Crippen MR) is 124 cm³/mol. The Morgan fingerprint density at radius 3 is 2.34 bits per heavy atom. The van der Waals surface area contributed by atoms with Gasteiger partial charge in [-0.15, -0.1) is 10.2 Å². The third kappa shape index (κ3) is 5.17. The lowest BCUT2D eigenvalue weighted by atomic mass is 10.1. The van der Waals surface area contributed by atoms with Crippen LogP contribution in [0.3, 0.4) is 0 Å². The first kappa shape index (κ1) is 21.6. The van der Waals surface area contributed by atoms with Gasteiger partial charge < -0.3 is 19.3 Å². The summed E-state index contributed by atoms with van der Waals surface area (Å²) in [4.78, 5) is 16.5. The van der Waals surface area contributed by atoms with Gasteiger partial charge in [-0.1, -0.05) is 37.3 Å². The lowest BCUT2D eigenvalue weighted by molar-refractivity contribution is -0.133. The molecule has 0 N–H and O–H groups in total. The quantitative estimate of drug-likeness (QED) is 0.570. The van der Waals surface area contributed by atoms with Gasteiger partial charge in [0.05, 0.1) is 12.8 Å². The van der Waals surface area contributed by atoms with Gasteiger partial charge in [-0.3, -0.25) is 4.79 Å². The van der Waals surface area contributed by atoms with E-state index >= 15 is 0 Å². The van der Waals surface area contributed by atoms with Crippen molar-refractivity contribution in [2.24, 2.45) is 0 Å². The highest BCUT2D eigenvalue weighted by atomic mass is 16.5. The molecule has 0 atom stereocenters. The molecule has 0 saturated carbocycles. The van der Waals surface area contributed by atoms with Gasteiger partial charge in [-0.2, -0.15) is 0 Å². The molecule has 3 aromatic rings. The smallest absolute Gasteiger partial charge is 0.260 e. The molecule has 4 rings (SSSR count). The van der Waals surface area contributed by atoms with Crippen molar-refractivity contribution in [1.29, 1.82) is 0 Å². The first-order chi connectivity index (χ1) is 15.7. The van der Waals surface area contributed by atoms with E-state index in [1.807, 2.05) is 35.2 Å². The van der Waals surface area contributed by atoms with Crippen molar-refractivity contribution in [3.8, 4) is 22.8 Å². The summed E-state index contributed by atoms with van der Waals surface area (Å²) in [6, 6.07) is 19.7. The van der Waals surface area contributed by atoms with E-state index < -0.39 is 0 Å². The second-order valence-corrected chi connectivity index (χ2v) is 7.66. The molecule has 166 valence electrons. The van der Waals surface area contributed by atoms with Crippen LogP contribution in [0.15, 0.2) is 60.7 Å². The highest BCUT2D eigenvalue weighted by molar-refractivity contribution is 5.78. The summed E-state index contributed by atoms with van der Waals surface area (Å²) in [5.74, 6) is 2.13. The molecule has 7 heteroatoms. The molecule has 1 fully saturated rings. The number of carbonyl (C=O) groups excluding carboxylic acids is 1. The van der Waals surface area contributed by atoms with Crippen LogP contribution in [0.5, 0.6) is 11.5 Å². The third-order valence-electron chi connectivity index (χ3n) is 5.67. The molecule has 0 aliphatic carbocycles. The summed E-state index contributed by atoms with van der Waals surface area (Å²) in [5, 5.41) is 8.83. The Labute approximate surface area is 188 Å². The van der Waals surface area contributed by atoms with E-state index in [-0.39, 0.29) is 12.5 Å². The van der Waals surface area contributed by atoms with Gasteiger partial charge in [-0.25, -0.2) is 0 Å². The van der Waals surface area contributed by atoms with Crippen LogP contribution in [0.4, 0.5) is 5.82 Å². The maximum atomic E-state index is 12.5. The minimum absolute atomic E-state index is 0.0124. The van der Waals surface area contributed by atoms with E-state index in [1.165, 1.54) is 5.56 Å².